The molecule has 0 aromatic heterocycles. The number of hydrogen-bond donors (Lipinski definition) is 0. The highest BCUT2D eigenvalue weighted by Gasteiger charge is 2.09. The molecule has 0 N–H and O–H groups in total. The molecule has 0 aliphatic rings. The first kappa shape index (κ1) is 27.5. The maximum Gasteiger partial charge on any atom is 0.313 e. The molecule has 0 aliphatic heterocycles. The minimum atomic E-state index is -0.393. The number of ketones is 1. The average Bonchev–Trinajstić information content (AvgIpc) is 2.67. The van der Waals surface area contributed by atoms with Crippen LogP contribution in [0.5, 0.6) is 0 Å². The van der Waals surface area contributed by atoms with Crippen LogP contribution < -0.4 is 0 Å². The molecular formula is C24H46O3S. The van der Waals surface area contributed by atoms with E-state index in [1.165, 1.54) is 103 Å². The van der Waals surface area contributed by atoms with Gasteiger partial charge in [-0.15, -0.1) is 0 Å². The Hall–Kier alpha value is -0.510. The molecule has 0 amide bonds. The van der Waals surface area contributed by atoms with Crippen molar-refractivity contribution in [2.75, 3.05) is 18.1 Å². The first-order valence-corrected chi connectivity index (χ1v) is 13.1. The molecule has 3 nitrogen and oxygen atoms in total. The molecule has 0 saturated heterocycles. The molecule has 0 spiro atoms. The molecule has 0 aliphatic carbocycles. The lowest BCUT2D eigenvalue weighted by Gasteiger charge is -2.04. The third kappa shape index (κ3) is 21.8. The van der Waals surface area contributed by atoms with Crippen molar-refractivity contribution in [3.63, 3.8) is 0 Å². The summed E-state index contributed by atoms with van der Waals surface area (Å²) >= 11 is 1.65. The van der Waals surface area contributed by atoms with Gasteiger partial charge in [0.15, 0.2) is 5.78 Å². The van der Waals surface area contributed by atoms with Gasteiger partial charge in [0.1, 0.15) is 6.42 Å². The number of ether oxygens (including phenoxy) is 1. The molecule has 166 valence electrons. The van der Waals surface area contributed by atoms with E-state index in [2.05, 4.69) is 6.92 Å². The van der Waals surface area contributed by atoms with Gasteiger partial charge in [0.25, 0.3) is 0 Å². The lowest BCUT2D eigenvalue weighted by Crippen LogP contribution is -2.12. The van der Waals surface area contributed by atoms with E-state index in [4.69, 9.17) is 4.74 Å². The van der Waals surface area contributed by atoms with Gasteiger partial charge in [0, 0.05) is 0 Å². The maximum atomic E-state index is 11.6. The summed E-state index contributed by atoms with van der Waals surface area (Å²) in [6.07, 6.45) is 22.0. The zero-order valence-corrected chi connectivity index (χ0v) is 19.6. The normalized spacial score (nSPS) is 10.9. The highest BCUT2D eigenvalue weighted by atomic mass is 32.2. The van der Waals surface area contributed by atoms with Gasteiger partial charge in [-0.25, -0.2) is 0 Å². The van der Waals surface area contributed by atoms with Crippen LogP contribution in [0, 0.1) is 0 Å². The van der Waals surface area contributed by atoms with E-state index in [0.29, 0.717) is 12.4 Å². The largest absolute Gasteiger partial charge is 0.466 e. The van der Waals surface area contributed by atoms with Gasteiger partial charge >= 0.3 is 5.97 Å². The minimum Gasteiger partial charge on any atom is -0.466 e. The quantitative estimate of drug-likeness (QED) is 0.104. The Bertz CT molecular complexity index is 358. The zero-order chi connectivity index (χ0) is 20.7. The maximum absolute atomic E-state index is 11.6. The smallest absolute Gasteiger partial charge is 0.313 e. The van der Waals surface area contributed by atoms with Gasteiger partial charge in [0.05, 0.1) is 12.4 Å². The van der Waals surface area contributed by atoms with Crippen LogP contribution in [0.15, 0.2) is 0 Å². The van der Waals surface area contributed by atoms with E-state index in [0.717, 1.165) is 5.75 Å². The molecule has 0 atom stereocenters. The molecule has 0 rings (SSSR count). The van der Waals surface area contributed by atoms with Crippen LogP contribution >= 0.6 is 11.8 Å². The predicted octanol–water partition coefficient (Wildman–Crippen LogP) is 7.50. The van der Waals surface area contributed by atoms with Crippen LogP contribution in [-0.4, -0.2) is 29.9 Å². The van der Waals surface area contributed by atoms with E-state index in [9.17, 15) is 9.59 Å². The number of carbonyl (C=O) groups is 2. The minimum absolute atomic E-state index is 0.0139. The second-order valence-electron chi connectivity index (χ2n) is 7.88. The molecule has 0 radical (unpaired) electrons. The van der Waals surface area contributed by atoms with Crippen molar-refractivity contribution < 1.29 is 14.3 Å². The predicted molar refractivity (Wildman–Crippen MR) is 123 cm³/mol. The van der Waals surface area contributed by atoms with Crippen LogP contribution in [0.3, 0.4) is 0 Å². The van der Waals surface area contributed by atoms with E-state index < -0.39 is 5.97 Å². The molecule has 4 heteroatoms. The number of rotatable bonds is 22. The Morgan fingerprint density at radius 1 is 0.643 bits per heavy atom. The average molecular weight is 415 g/mol. The van der Waals surface area contributed by atoms with E-state index in [-0.39, 0.29) is 12.2 Å². The summed E-state index contributed by atoms with van der Waals surface area (Å²) in [7, 11) is 0. The van der Waals surface area contributed by atoms with Crippen LogP contribution in [0.25, 0.3) is 0 Å². The first-order valence-electron chi connectivity index (χ1n) is 12.0. The summed E-state index contributed by atoms with van der Waals surface area (Å²) in [6, 6.07) is 0. The first-order chi connectivity index (χ1) is 13.7. The molecule has 0 aromatic rings. The molecular weight excluding hydrogens is 368 g/mol. The summed E-state index contributed by atoms with van der Waals surface area (Å²) in [5, 5.41) is 0. The summed E-state index contributed by atoms with van der Waals surface area (Å²) in [5.74, 6) is 1.06. The topological polar surface area (TPSA) is 43.4 Å². The number of hydrogen-bond acceptors (Lipinski definition) is 4. The number of carbonyl (C=O) groups excluding carboxylic acids is 2. The highest BCUT2D eigenvalue weighted by Crippen LogP contribution is 2.14. The number of unbranched alkanes of at least 4 members (excludes halogenated alkanes) is 15. The van der Waals surface area contributed by atoms with E-state index in [1.807, 2.05) is 0 Å². The van der Waals surface area contributed by atoms with Crippen LogP contribution in [0.1, 0.15) is 123 Å². The summed E-state index contributed by atoms with van der Waals surface area (Å²) in [4.78, 5) is 22.8. The summed E-state index contributed by atoms with van der Waals surface area (Å²) < 4.78 is 4.78. The SMILES string of the molecule is CCCCCCCCCCCCCCCCCCSCC(=O)CC(=O)OCC. The van der Waals surface area contributed by atoms with Crippen molar-refractivity contribution in [2.45, 2.75) is 123 Å². The van der Waals surface area contributed by atoms with Crippen molar-refractivity contribution in [3.8, 4) is 0 Å². The van der Waals surface area contributed by atoms with Crippen LogP contribution in [0.2, 0.25) is 0 Å². The van der Waals surface area contributed by atoms with Crippen molar-refractivity contribution in [3.05, 3.63) is 0 Å². The fourth-order valence-corrected chi connectivity index (χ4v) is 4.24. The lowest BCUT2D eigenvalue weighted by atomic mass is 10.0. The molecule has 0 unspecified atom stereocenters. The summed E-state index contributed by atoms with van der Waals surface area (Å²) in [5.41, 5.74) is 0. The van der Waals surface area contributed by atoms with Gasteiger partial charge < -0.3 is 4.74 Å². The second kappa shape index (κ2) is 22.8. The standard InChI is InChI=1S/C24H46O3S/c1-3-5-6-7-8-9-10-11-12-13-14-15-16-17-18-19-20-28-22-23(25)21-24(26)27-4-2/h3-22H2,1-2H3. The molecule has 28 heavy (non-hydrogen) atoms. The number of thioether (sulfide) groups is 1. The highest BCUT2D eigenvalue weighted by molar-refractivity contribution is 7.99. The van der Waals surface area contributed by atoms with Gasteiger partial charge in [-0.05, 0) is 19.1 Å². The van der Waals surface area contributed by atoms with Crippen LogP contribution in [0.4, 0.5) is 0 Å². The molecule has 0 bridgehead atoms. The van der Waals surface area contributed by atoms with Crippen molar-refractivity contribution in [1.82, 2.24) is 0 Å². The Morgan fingerprint density at radius 3 is 1.50 bits per heavy atom. The molecule has 0 saturated carbocycles. The van der Waals surface area contributed by atoms with Crippen LogP contribution in [-0.2, 0) is 14.3 Å². The third-order valence-electron chi connectivity index (χ3n) is 5.05. The zero-order valence-electron chi connectivity index (χ0n) is 18.8. The second-order valence-corrected chi connectivity index (χ2v) is 8.98. The fraction of sp³-hybridized carbons (Fsp3) is 0.917. The van der Waals surface area contributed by atoms with E-state index in [1.54, 1.807) is 18.7 Å². The third-order valence-corrected chi connectivity index (χ3v) is 6.16. The summed E-state index contributed by atoms with van der Waals surface area (Å²) in [6.45, 7) is 4.38. The molecule has 0 fully saturated rings. The molecule has 0 heterocycles. The monoisotopic (exact) mass is 414 g/mol. The van der Waals surface area contributed by atoms with Gasteiger partial charge in [-0.1, -0.05) is 103 Å². The Morgan fingerprint density at radius 2 is 1.07 bits per heavy atom. The Labute approximate surface area is 179 Å². The number of esters is 1. The number of Topliss-reactive ketones (excluding diaryl/α,β-unsaturated/α-hetero) is 1. The van der Waals surface area contributed by atoms with Crippen molar-refractivity contribution in [2.24, 2.45) is 0 Å². The fourth-order valence-electron chi connectivity index (χ4n) is 3.36. The van der Waals surface area contributed by atoms with Crippen molar-refractivity contribution in [1.29, 1.82) is 0 Å². The van der Waals surface area contributed by atoms with Gasteiger partial charge in [-0.3, -0.25) is 9.59 Å². The molecule has 0 aromatic carbocycles. The van der Waals surface area contributed by atoms with Crippen molar-refractivity contribution >= 4 is 23.5 Å². The lowest BCUT2D eigenvalue weighted by molar-refractivity contribution is -0.145. The van der Waals surface area contributed by atoms with E-state index >= 15 is 0 Å². The van der Waals surface area contributed by atoms with Gasteiger partial charge in [-0.2, -0.15) is 11.8 Å². The Kier molecular flexibility index (Phi) is 22.4. The van der Waals surface area contributed by atoms with Gasteiger partial charge in [0.2, 0.25) is 0 Å². The Balaban J connectivity index is 3.14.